The molecule has 0 amide bonds. The Kier molecular flexibility index (Phi) is 3.28. The van der Waals surface area contributed by atoms with Crippen LogP contribution in [-0.2, 0) is 0 Å². The molecule has 3 rings (SSSR count). The topological polar surface area (TPSA) is 52.3 Å². The third kappa shape index (κ3) is 2.10. The van der Waals surface area contributed by atoms with Crippen LogP contribution in [0.25, 0.3) is 11.0 Å². The second-order valence-electron chi connectivity index (χ2n) is 4.15. The van der Waals surface area contributed by atoms with E-state index in [2.05, 4.69) is 20.9 Å². The molecule has 0 saturated heterocycles. The molecule has 2 heterocycles. The van der Waals surface area contributed by atoms with Gasteiger partial charge in [0.1, 0.15) is 11.3 Å². The summed E-state index contributed by atoms with van der Waals surface area (Å²) in [5.41, 5.74) is 0.885. The van der Waals surface area contributed by atoms with Crippen molar-refractivity contribution in [3.05, 3.63) is 58.5 Å². The standard InChI is InChI=1S/C15H10BrNO3/c1-19-11-6-3-7-17-13(11)14(18)12-8-9-4-2-5-10(16)15(9)20-12/h2-8H,1H3. The number of benzene rings is 1. The SMILES string of the molecule is COc1cccnc1C(=O)c1cc2cccc(Br)c2o1. The Hall–Kier alpha value is -2.14. The predicted octanol–water partition coefficient (Wildman–Crippen LogP) is 3.83. The van der Waals surface area contributed by atoms with E-state index in [1.165, 1.54) is 7.11 Å². The van der Waals surface area contributed by atoms with Gasteiger partial charge in [-0.05, 0) is 40.2 Å². The van der Waals surface area contributed by atoms with E-state index in [0.29, 0.717) is 11.3 Å². The number of carbonyl (C=O) groups excluding carboxylic acids is 1. The molecule has 0 unspecified atom stereocenters. The van der Waals surface area contributed by atoms with Gasteiger partial charge >= 0.3 is 0 Å². The predicted molar refractivity (Wildman–Crippen MR) is 78.1 cm³/mol. The van der Waals surface area contributed by atoms with Crippen molar-refractivity contribution < 1.29 is 13.9 Å². The molecule has 2 aromatic heterocycles. The monoisotopic (exact) mass is 331 g/mol. The highest BCUT2D eigenvalue weighted by Crippen LogP contribution is 2.29. The lowest BCUT2D eigenvalue weighted by Crippen LogP contribution is -2.05. The summed E-state index contributed by atoms with van der Waals surface area (Å²) in [5, 5.41) is 0.859. The van der Waals surface area contributed by atoms with Gasteiger partial charge < -0.3 is 9.15 Å². The van der Waals surface area contributed by atoms with Gasteiger partial charge in [0, 0.05) is 11.6 Å². The fourth-order valence-corrected chi connectivity index (χ4v) is 2.44. The first-order valence-electron chi connectivity index (χ1n) is 5.92. The summed E-state index contributed by atoms with van der Waals surface area (Å²) in [7, 11) is 1.50. The van der Waals surface area contributed by atoms with Crippen LogP contribution in [0.2, 0.25) is 0 Å². The molecule has 5 heteroatoms. The van der Waals surface area contributed by atoms with Crippen LogP contribution in [-0.4, -0.2) is 17.9 Å². The molecular weight excluding hydrogens is 322 g/mol. The first-order chi connectivity index (χ1) is 9.70. The van der Waals surface area contributed by atoms with Crippen LogP contribution >= 0.6 is 15.9 Å². The van der Waals surface area contributed by atoms with Gasteiger partial charge in [-0.1, -0.05) is 12.1 Å². The fraction of sp³-hybridized carbons (Fsp3) is 0.0667. The maximum Gasteiger partial charge on any atom is 0.250 e. The maximum absolute atomic E-state index is 12.5. The molecule has 3 aromatic rings. The number of fused-ring (bicyclic) bond motifs is 1. The van der Waals surface area contributed by atoms with Crippen molar-refractivity contribution in [1.82, 2.24) is 4.98 Å². The van der Waals surface area contributed by atoms with E-state index >= 15 is 0 Å². The van der Waals surface area contributed by atoms with Crippen molar-refractivity contribution in [2.45, 2.75) is 0 Å². The first kappa shape index (κ1) is 12.9. The number of pyridine rings is 1. The number of hydrogen-bond donors (Lipinski definition) is 0. The van der Waals surface area contributed by atoms with Crippen molar-refractivity contribution in [2.24, 2.45) is 0 Å². The number of carbonyl (C=O) groups is 1. The van der Waals surface area contributed by atoms with Gasteiger partial charge in [0.15, 0.2) is 11.5 Å². The number of ether oxygens (including phenoxy) is 1. The van der Waals surface area contributed by atoms with Gasteiger partial charge in [-0.3, -0.25) is 4.79 Å². The third-order valence-corrected chi connectivity index (χ3v) is 3.55. The molecule has 0 spiro atoms. The van der Waals surface area contributed by atoms with Gasteiger partial charge in [0.25, 0.3) is 0 Å². The van der Waals surface area contributed by atoms with E-state index in [9.17, 15) is 4.79 Å². The number of methoxy groups -OCH3 is 1. The fourth-order valence-electron chi connectivity index (χ4n) is 1.98. The molecule has 100 valence electrons. The Morgan fingerprint density at radius 1 is 1.30 bits per heavy atom. The molecule has 0 fully saturated rings. The van der Waals surface area contributed by atoms with Crippen LogP contribution < -0.4 is 4.74 Å². The second kappa shape index (κ2) is 5.09. The molecular formula is C15H10BrNO3. The summed E-state index contributed by atoms with van der Waals surface area (Å²) in [6, 6.07) is 10.7. The Morgan fingerprint density at radius 3 is 2.90 bits per heavy atom. The number of nitrogens with zero attached hydrogens (tertiary/aromatic N) is 1. The number of para-hydroxylation sites is 1. The third-order valence-electron chi connectivity index (χ3n) is 2.93. The van der Waals surface area contributed by atoms with Crippen LogP contribution in [0.1, 0.15) is 16.2 Å². The van der Waals surface area contributed by atoms with Crippen molar-refractivity contribution in [3.63, 3.8) is 0 Å². The minimum absolute atomic E-state index is 0.240. The van der Waals surface area contributed by atoms with Crippen molar-refractivity contribution in [1.29, 1.82) is 0 Å². The summed E-state index contributed by atoms with van der Waals surface area (Å²) in [5.74, 6) is 0.367. The lowest BCUT2D eigenvalue weighted by Gasteiger charge is -2.03. The van der Waals surface area contributed by atoms with Crippen LogP contribution in [0.4, 0.5) is 0 Å². The highest BCUT2D eigenvalue weighted by atomic mass is 79.9. The van der Waals surface area contributed by atoms with E-state index in [4.69, 9.17) is 9.15 Å². The van der Waals surface area contributed by atoms with Gasteiger partial charge in [0.05, 0.1) is 11.6 Å². The highest BCUT2D eigenvalue weighted by molar-refractivity contribution is 9.10. The molecule has 0 aliphatic carbocycles. The molecule has 0 aliphatic rings. The van der Waals surface area contributed by atoms with E-state index in [1.807, 2.05) is 18.2 Å². The number of hydrogen-bond acceptors (Lipinski definition) is 4. The highest BCUT2D eigenvalue weighted by Gasteiger charge is 2.20. The summed E-state index contributed by atoms with van der Waals surface area (Å²) in [6.07, 6.45) is 1.55. The van der Waals surface area contributed by atoms with Crippen LogP contribution in [0, 0.1) is 0 Å². The number of furan rings is 1. The summed E-state index contributed by atoms with van der Waals surface area (Å²) in [4.78, 5) is 16.5. The minimum Gasteiger partial charge on any atom is -0.494 e. The lowest BCUT2D eigenvalue weighted by atomic mass is 10.2. The quantitative estimate of drug-likeness (QED) is 0.684. The maximum atomic E-state index is 12.5. The molecule has 0 aliphatic heterocycles. The van der Waals surface area contributed by atoms with Gasteiger partial charge in [-0.15, -0.1) is 0 Å². The number of halogens is 1. The van der Waals surface area contributed by atoms with Gasteiger partial charge in [0.2, 0.25) is 5.78 Å². The number of aromatic nitrogens is 1. The Morgan fingerprint density at radius 2 is 2.15 bits per heavy atom. The molecule has 0 N–H and O–H groups in total. The Bertz CT molecular complexity index is 795. The molecule has 0 bridgehead atoms. The number of rotatable bonds is 3. The molecule has 20 heavy (non-hydrogen) atoms. The largest absolute Gasteiger partial charge is 0.494 e. The van der Waals surface area contributed by atoms with Crippen LogP contribution in [0.3, 0.4) is 0 Å². The smallest absolute Gasteiger partial charge is 0.250 e. The Labute approximate surface area is 123 Å². The lowest BCUT2D eigenvalue weighted by molar-refractivity contribution is 0.100. The summed E-state index contributed by atoms with van der Waals surface area (Å²) >= 11 is 3.40. The molecule has 1 aromatic carbocycles. The van der Waals surface area contributed by atoms with Crippen molar-refractivity contribution in [2.75, 3.05) is 7.11 Å². The zero-order chi connectivity index (χ0) is 14.1. The molecule has 0 saturated carbocycles. The first-order valence-corrected chi connectivity index (χ1v) is 6.72. The Balaban J connectivity index is 2.11. The number of ketones is 1. The zero-order valence-corrected chi connectivity index (χ0v) is 12.2. The van der Waals surface area contributed by atoms with E-state index in [1.54, 1.807) is 24.4 Å². The second-order valence-corrected chi connectivity index (χ2v) is 5.01. The summed E-state index contributed by atoms with van der Waals surface area (Å²) in [6.45, 7) is 0. The van der Waals surface area contributed by atoms with Crippen molar-refractivity contribution in [3.8, 4) is 5.75 Å². The van der Waals surface area contributed by atoms with Crippen LogP contribution in [0.15, 0.2) is 51.5 Å². The normalized spacial score (nSPS) is 10.7. The van der Waals surface area contributed by atoms with E-state index in [0.717, 1.165) is 9.86 Å². The zero-order valence-electron chi connectivity index (χ0n) is 10.6. The van der Waals surface area contributed by atoms with E-state index in [-0.39, 0.29) is 17.2 Å². The molecule has 4 nitrogen and oxygen atoms in total. The molecule has 0 atom stereocenters. The van der Waals surface area contributed by atoms with Gasteiger partial charge in [-0.25, -0.2) is 4.98 Å². The van der Waals surface area contributed by atoms with Crippen LogP contribution in [0.5, 0.6) is 5.75 Å². The van der Waals surface area contributed by atoms with Gasteiger partial charge in [-0.2, -0.15) is 0 Å². The average Bonchev–Trinajstić information content (AvgIpc) is 2.92. The molecule has 0 radical (unpaired) electrons. The summed E-state index contributed by atoms with van der Waals surface area (Å²) < 4.78 is 11.6. The average molecular weight is 332 g/mol. The minimum atomic E-state index is -0.300. The van der Waals surface area contributed by atoms with E-state index < -0.39 is 0 Å². The van der Waals surface area contributed by atoms with Crippen molar-refractivity contribution >= 4 is 32.7 Å².